The fourth-order valence-electron chi connectivity index (χ4n) is 2.76. The highest BCUT2D eigenvalue weighted by Gasteiger charge is 2.43. The van der Waals surface area contributed by atoms with Gasteiger partial charge in [0.1, 0.15) is 22.6 Å². The topological polar surface area (TPSA) is 88.4 Å². The molecule has 0 aromatic heterocycles. The molecule has 0 bridgehead atoms. The lowest BCUT2D eigenvalue weighted by Crippen LogP contribution is -2.48. The molecular weight excluding hydrogens is 344 g/mol. The Kier molecular flexibility index (Phi) is 5.41. The Bertz CT molecular complexity index is 871. The van der Waals surface area contributed by atoms with Crippen LogP contribution in [0.5, 0.6) is 11.5 Å². The number of hydrogen-bond acceptors (Lipinski definition) is 5. The van der Waals surface area contributed by atoms with Gasteiger partial charge in [-0.2, -0.15) is 5.26 Å². The first-order valence-corrected chi connectivity index (χ1v) is 8.73. The first-order valence-electron chi connectivity index (χ1n) is 8.73. The van der Waals surface area contributed by atoms with Gasteiger partial charge in [-0.1, -0.05) is 30.3 Å². The van der Waals surface area contributed by atoms with E-state index in [1.165, 1.54) is 0 Å². The first kappa shape index (κ1) is 18.5. The minimum atomic E-state index is -0.919. The van der Waals surface area contributed by atoms with E-state index in [1.54, 1.807) is 43.3 Å². The van der Waals surface area contributed by atoms with Crippen molar-refractivity contribution in [3.05, 3.63) is 60.2 Å². The zero-order chi connectivity index (χ0) is 19.3. The molecule has 1 saturated carbocycles. The van der Waals surface area contributed by atoms with Gasteiger partial charge in [0, 0.05) is 0 Å². The molecule has 1 aliphatic carbocycles. The number of carbonyl (C=O) groups excluding carboxylic acids is 2. The van der Waals surface area contributed by atoms with Crippen molar-refractivity contribution in [1.82, 2.24) is 5.32 Å². The molecule has 1 fully saturated rings. The van der Waals surface area contributed by atoms with E-state index >= 15 is 0 Å². The number of carbonyl (C=O) groups is 2. The van der Waals surface area contributed by atoms with E-state index in [2.05, 4.69) is 11.4 Å². The van der Waals surface area contributed by atoms with Crippen LogP contribution in [0.25, 0.3) is 0 Å². The predicted octanol–water partition coefficient (Wildman–Crippen LogP) is 3.44. The van der Waals surface area contributed by atoms with E-state index in [1.807, 2.05) is 18.2 Å². The van der Waals surface area contributed by atoms with E-state index in [9.17, 15) is 14.9 Å². The molecule has 0 aliphatic heterocycles. The maximum atomic E-state index is 12.4. The van der Waals surface area contributed by atoms with Crippen LogP contribution in [0.1, 0.15) is 30.1 Å². The summed E-state index contributed by atoms with van der Waals surface area (Å²) in [5.41, 5.74) is -0.697. The number of para-hydroxylation sites is 2. The molecule has 1 aliphatic rings. The third kappa shape index (κ3) is 4.64. The van der Waals surface area contributed by atoms with E-state index in [-0.39, 0.29) is 11.5 Å². The highest BCUT2D eigenvalue weighted by molar-refractivity contribution is 5.94. The monoisotopic (exact) mass is 364 g/mol. The summed E-state index contributed by atoms with van der Waals surface area (Å²) in [4.78, 5) is 24.5. The molecule has 27 heavy (non-hydrogen) atoms. The van der Waals surface area contributed by atoms with Crippen molar-refractivity contribution < 1.29 is 19.1 Å². The quantitative estimate of drug-likeness (QED) is 0.760. The van der Waals surface area contributed by atoms with Crippen LogP contribution in [0.3, 0.4) is 0 Å². The molecule has 0 unspecified atom stereocenters. The van der Waals surface area contributed by atoms with E-state index in [0.29, 0.717) is 11.5 Å². The van der Waals surface area contributed by atoms with Crippen molar-refractivity contribution in [3.8, 4) is 17.6 Å². The maximum Gasteiger partial charge on any atom is 0.342 e. The zero-order valence-corrected chi connectivity index (χ0v) is 15.0. The Morgan fingerprint density at radius 2 is 1.81 bits per heavy atom. The van der Waals surface area contributed by atoms with Gasteiger partial charge in [0.2, 0.25) is 0 Å². The van der Waals surface area contributed by atoms with E-state index in [4.69, 9.17) is 9.47 Å². The smallest absolute Gasteiger partial charge is 0.342 e. The van der Waals surface area contributed by atoms with Crippen LogP contribution in [0.2, 0.25) is 0 Å². The molecule has 1 amide bonds. The van der Waals surface area contributed by atoms with Crippen molar-refractivity contribution in [3.63, 3.8) is 0 Å². The molecule has 2 aromatic rings. The van der Waals surface area contributed by atoms with Gasteiger partial charge in [-0.3, -0.25) is 4.79 Å². The highest BCUT2D eigenvalue weighted by Crippen LogP contribution is 2.39. The number of ether oxygens (including phenoxy) is 2. The SMILES string of the molecule is C[C@](C#N)(NC(=O)COC(=O)c1ccccc1Oc1ccccc1)C1CC1. The fourth-order valence-corrected chi connectivity index (χ4v) is 2.76. The summed E-state index contributed by atoms with van der Waals surface area (Å²) in [6.45, 7) is 1.23. The highest BCUT2D eigenvalue weighted by atomic mass is 16.5. The second-order valence-corrected chi connectivity index (χ2v) is 6.62. The third-order valence-electron chi connectivity index (χ3n) is 4.44. The number of nitrogens with zero attached hydrogens (tertiary/aromatic N) is 1. The predicted molar refractivity (Wildman–Crippen MR) is 98.1 cm³/mol. The number of benzene rings is 2. The maximum absolute atomic E-state index is 12.4. The molecule has 0 radical (unpaired) electrons. The largest absolute Gasteiger partial charge is 0.456 e. The standard InChI is InChI=1S/C21H20N2O4/c1-21(14-22,15-11-12-15)23-19(24)13-26-20(25)17-9-5-6-10-18(17)27-16-7-3-2-4-8-16/h2-10,15H,11-13H2,1H3,(H,23,24)/t21-/m1/s1. The average Bonchev–Trinajstić information content (AvgIpc) is 3.53. The van der Waals surface area contributed by atoms with Gasteiger partial charge in [-0.15, -0.1) is 0 Å². The third-order valence-corrected chi connectivity index (χ3v) is 4.44. The lowest BCUT2D eigenvalue weighted by molar-refractivity contribution is -0.125. The number of nitriles is 1. The normalized spacial score (nSPS) is 15.1. The van der Waals surface area contributed by atoms with Gasteiger partial charge in [-0.05, 0) is 49.9 Å². The van der Waals surface area contributed by atoms with Gasteiger partial charge < -0.3 is 14.8 Å². The van der Waals surface area contributed by atoms with Crippen molar-refractivity contribution in [1.29, 1.82) is 5.26 Å². The summed E-state index contributed by atoms with van der Waals surface area (Å²) >= 11 is 0. The lowest BCUT2D eigenvalue weighted by Gasteiger charge is -2.22. The molecule has 1 N–H and O–H groups in total. The first-order chi connectivity index (χ1) is 13.0. The second kappa shape index (κ2) is 7.92. The van der Waals surface area contributed by atoms with Gasteiger partial charge in [-0.25, -0.2) is 4.79 Å². The van der Waals surface area contributed by atoms with Crippen LogP contribution in [-0.4, -0.2) is 24.0 Å². The Morgan fingerprint density at radius 3 is 2.48 bits per heavy atom. The van der Waals surface area contributed by atoms with Gasteiger partial charge >= 0.3 is 5.97 Å². The lowest BCUT2D eigenvalue weighted by atomic mass is 9.98. The molecule has 0 spiro atoms. The summed E-state index contributed by atoms with van der Waals surface area (Å²) in [6, 6.07) is 17.9. The summed E-state index contributed by atoms with van der Waals surface area (Å²) in [5.74, 6) is -0.0802. The minimum Gasteiger partial charge on any atom is -0.456 e. The minimum absolute atomic E-state index is 0.155. The molecule has 138 valence electrons. The molecule has 0 heterocycles. The van der Waals surface area contributed by atoms with Crippen molar-refractivity contribution in [2.75, 3.05) is 6.61 Å². The second-order valence-electron chi connectivity index (χ2n) is 6.62. The van der Waals surface area contributed by atoms with Crippen molar-refractivity contribution in [2.24, 2.45) is 5.92 Å². The van der Waals surface area contributed by atoms with Crippen molar-refractivity contribution in [2.45, 2.75) is 25.3 Å². The molecular formula is C21H20N2O4. The molecule has 3 rings (SSSR count). The average molecular weight is 364 g/mol. The van der Waals surface area contributed by atoms with Crippen LogP contribution >= 0.6 is 0 Å². The number of hydrogen-bond donors (Lipinski definition) is 1. The summed E-state index contributed by atoms with van der Waals surface area (Å²) in [7, 11) is 0. The number of rotatable bonds is 7. The van der Waals surface area contributed by atoms with Crippen LogP contribution < -0.4 is 10.1 Å². The molecule has 6 nitrogen and oxygen atoms in total. The Balaban J connectivity index is 1.61. The fraction of sp³-hybridized carbons (Fsp3) is 0.286. The Labute approximate surface area is 157 Å². The zero-order valence-electron chi connectivity index (χ0n) is 15.0. The Hall–Kier alpha value is -3.33. The van der Waals surface area contributed by atoms with Gasteiger partial charge in [0.25, 0.3) is 5.91 Å². The molecule has 0 saturated heterocycles. The summed E-state index contributed by atoms with van der Waals surface area (Å²) in [6.07, 6.45) is 1.82. The van der Waals surface area contributed by atoms with Crippen LogP contribution in [0.15, 0.2) is 54.6 Å². The number of nitrogens with one attached hydrogen (secondary N) is 1. The summed E-state index contributed by atoms with van der Waals surface area (Å²) in [5, 5.41) is 11.9. The van der Waals surface area contributed by atoms with Crippen molar-refractivity contribution >= 4 is 11.9 Å². The molecule has 2 aromatic carbocycles. The van der Waals surface area contributed by atoms with Crippen LogP contribution in [-0.2, 0) is 9.53 Å². The number of amides is 1. The van der Waals surface area contributed by atoms with Crippen LogP contribution in [0, 0.1) is 17.2 Å². The van der Waals surface area contributed by atoms with Gasteiger partial charge in [0.15, 0.2) is 6.61 Å². The van der Waals surface area contributed by atoms with E-state index in [0.717, 1.165) is 12.8 Å². The number of esters is 1. The van der Waals surface area contributed by atoms with Gasteiger partial charge in [0.05, 0.1) is 6.07 Å². The Morgan fingerprint density at radius 1 is 1.15 bits per heavy atom. The molecule has 1 atom stereocenters. The van der Waals surface area contributed by atoms with E-state index < -0.39 is 24.0 Å². The summed E-state index contributed by atoms with van der Waals surface area (Å²) < 4.78 is 10.8. The van der Waals surface area contributed by atoms with Crippen LogP contribution in [0.4, 0.5) is 0 Å². The molecule has 6 heteroatoms.